The predicted molar refractivity (Wildman–Crippen MR) is 47.7 cm³/mol. The van der Waals surface area contributed by atoms with Gasteiger partial charge in [-0.1, -0.05) is 13.0 Å². The third-order valence-corrected chi connectivity index (χ3v) is 2.29. The average molecular weight is 147 g/mol. The Morgan fingerprint density at radius 2 is 2.36 bits per heavy atom. The van der Waals surface area contributed by atoms with Gasteiger partial charge in [-0.25, -0.2) is 0 Å². The SMILES string of the molecule is CC1=NC2=C(C1)CC(C)C=C2. The van der Waals surface area contributed by atoms with E-state index in [-0.39, 0.29) is 0 Å². The Kier molecular flexibility index (Phi) is 1.45. The first kappa shape index (κ1) is 6.84. The maximum atomic E-state index is 4.45. The van der Waals surface area contributed by atoms with Crippen molar-refractivity contribution in [2.24, 2.45) is 10.9 Å². The number of hydrogen-bond acceptors (Lipinski definition) is 1. The molecule has 1 nitrogen and oxygen atoms in total. The van der Waals surface area contributed by atoms with Crippen LogP contribution in [0.3, 0.4) is 0 Å². The molecule has 0 N–H and O–H groups in total. The van der Waals surface area contributed by atoms with E-state index in [1.165, 1.54) is 23.4 Å². The molecule has 0 amide bonds. The molecule has 0 aromatic carbocycles. The Hall–Kier alpha value is -0.850. The fraction of sp³-hybridized carbons (Fsp3) is 0.500. The number of nitrogens with zero attached hydrogens (tertiary/aromatic N) is 1. The van der Waals surface area contributed by atoms with Crippen LogP contribution in [-0.4, -0.2) is 5.71 Å². The van der Waals surface area contributed by atoms with Crippen molar-refractivity contribution in [1.29, 1.82) is 0 Å². The van der Waals surface area contributed by atoms with Crippen LogP contribution < -0.4 is 0 Å². The molecule has 1 aliphatic carbocycles. The molecule has 0 bridgehead atoms. The lowest BCUT2D eigenvalue weighted by Gasteiger charge is -2.12. The highest BCUT2D eigenvalue weighted by Gasteiger charge is 2.17. The molecule has 0 aromatic heterocycles. The van der Waals surface area contributed by atoms with Crippen molar-refractivity contribution in [3.05, 3.63) is 23.4 Å². The molecule has 2 rings (SSSR count). The van der Waals surface area contributed by atoms with Gasteiger partial charge in [0.2, 0.25) is 0 Å². The van der Waals surface area contributed by atoms with Gasteiger partial charge in [0, 0.05) is 12.1 Å². The zero-order chi connectivity index (χ0) is 7.84. The summed E-state index contributed by atoms with van der Waals surface area (Å²) in [7, 11) is 0. The third kappa shape index (κ3) is 1.15. The summed E-state index contributed by atoms with van der Waals surface area (Å²) in [5, 5.41) is 0. The lowest BCUT2D eigenvalue weighted by molar-refractivity contribution is 0.696. The Balaban J connectivity index is 2.26. The summed E-state index contributed by atoms with van der Waals surface area (Å²) in [5.41, 5.74) is 4.05. The van der Waals surface area contributed by atoms with Crippen LogP contribution in [0.15, 0.2) is 28.4 Å². The van der Waals surface area contributed by atoms with Crippen LogP contribution in [0.25, 0.3) is 0 Å². The highest BCUT2D eigenvalue weighted by Crippen LogP contribution is 2.30. The van der Waals surface area contributed by atoms with Crippen LogP contribution in [0.1, 0.15) is 26.7 Å². The largest absolute Gasteiger partial charge is 0.258 e. The minimum atomic E-state index is 0.717. The molecule has 0 aromatic rings. The highest BCUT2D eigenvalue weighted by atomic mass is 14.8. The maximum Gasteiger partial charge on any atom is 0.0621 e. The van der Waals surface area contributed by atoms with Crippen molar-refractivity contribution in [3.8, 4) is 0 Å². The van der Waals surface area contributed by atoms with Gasteiger partial charge in [-0.15, -0.1) is 0 Å². The first-order valence-corrected chi connectivity index (χ1v) is 4.20. The van der Waals surface area contributed by atoms with Crippen LogP contribution in [0.4, 0.5) is 0 Å². The van der Waals surface area contributed by atoms with Gasteiger partial charge in [-0.2, -0.15) is 0 Å². The van der Waals surface area contributed by atoms with Crippen LogP contribution in [0.5, 0.6) is 0 Å². The normalized spacial score (nSPS) is 28.9. The molecule has 0 spiro atoms. The van der Waals surface area contributed by atoms with E-state index < -0.39 is 0 Å². The van der Waals surface area contributed by atoms with E-state index in [0.717, 1.165) is 12.3 Å². The monoisotopic (exact) mass is 147 g/mol. The molecule has 58 valence electrons. The van der Waals surface area contributed by atoms with Crippen molar-refractivity contribution >= 4 is 5.71 Å². The van der Waals surface area contributed by atoms with Gasteiger partial charge in [0.15, 0.2) is 0 Å². The van der Waals surface area contributed by atoms with Crippen molar-refractivity contribution in [2.75, 3.05) is 0 Å². The zero-order valence-electron chi connectivity index (χ0n) is 7.09. The Morgan fingerprint density at radius 3 is 3.18 bits per heavy atom. The minimum Gasteiger partial charge on any atom is -0.258 e. The fourth-order valence-corrected chi connectivity index (χ4v) is 1.77. The van der Waals surface area contributed by atoms with Crippen molar-refractivity contribution < 1.29 is 0 Å². The average Bonchev–Trinajstić information content (AvgIpc) is 2.27. The van der Waals surface area contributed by atoms with Crippen molar-refractivity contribution in [2.45, 2.75) is 26.7 Å². The molecular weight excluding hydrogens is 134 g/mol. The van der Waals surface area contributed by atoms with Crippen molar-refractivity contribution in [3.63, 3.8) is 0 Å². The molecule has 1 unspecified atom stereocenters. The van der Waals surface area contributed by atoms with E-state index in [4.69, 9.17) is 0 Å². The summed E-state index contributed by atoms with van der Waals surface area (Å²) in [4.78, 5) is 4.45. The number of aliphatic imine (C=N–C) groups is 1. The lowest BCUT2D eigenvalue weighted by Crippen LogP contribution is -1.98. The smallest absolute Gasteiger partial charge is 0.0621 e. The molecule has 1 heteroatoms. The molecule has 1 aliphatic heterocycles. The van der Waals surface area contributed by atoms with Crippen LogP contribution in [-0.2, 0) is 0 Å². The van der Waals surface area contributed by atoms with Gasteiger partial charge in [-0.3, -0.25) is 4.99 Å². The quantitative estimate of drug-likeness (QED) is 0.499. The highest BCUT2D eigenvalue weighted by molar-refractivity contribution is 5.88. The van der Waals surface area contributed by atoms with Gasteiger partial charge >= 0.3 is 0 Å². The van der Waals surface area contributed by atoms with Crippen LogP contribution >= 0.6 is 0 Å². The zero-order valence-corrected chi connectivity index (χ0v) is 7.09. The fourth-order valence-electron chi connectivity index (χ4n) is 1.77. The molecule has 1 heterocycles. The number of allylic oxidation sites excluding steroid dienone is 3. The van der Waals surface area contributed by atoms with Gasteiger partial charge in [0.05, 0.1) is 5.70 Å². The molecule has 0 fully saturated rings. The third-order valence-electron chi connectivity index (χ3n) is 2.29. The minimum absolute atomic E-state index is 0.717. The Bertz CT molecular complexity index is 269. The standard InChI is InChI=1S/C10H13N/c1-7-3-4-10-9(5-7)6-8(2)11-10/h3-4,7H,5-6H2,1-2H3. The van der Waals surface area contributed by atoms with Gasteiger partial charge < -0.3 is 0 Å². The Labute approximate surface area is 67.5 Å². The number of rotatable bonds is 0. The summed E-state index contributed by atoms with van der Waals surface area (Å²) in [6.07, 6.45) is 6.75. The summed E-state index contributed by atoms with van der Waals surface area (Å²) in [5.74, 6) is 0.717. The topological polar surface area (TPSA) is 12.4 Å². The van der Waals surface area contributed by atoms with Gasteiger partial charge in [-0.05, 0) is 30.9 Å². The van der Waals surface area contributed by atoms with Crippen LogP contribution in [0, 0.1) is 5.92 Å². The van der Waals surface area contributed by atoms with Gasteiger partial charge in [0.1, 0.15) is 0 Å². The predicted octanol–water partition coefficient (Wildman–Crippen LogP) is 2.70. The van der Waals surface area contributed by atoms with E-state index in [1.807, 2.05) is 0 Å². The first-order valence-electron chi connectivity index (χ1n) is 4.20. The summed E-state index contributed by atoms with van der Waals surface area (Å²) < 4.78 is 0. The van der Waals surface area contributed by atoms with Crippen molar-refractivity contribution in [1.82, 2.24) is 0 Å². The summed E-state index contributed by atoms with van der Waals surface area (Å²) in [6, 6.07) is 0. The Morgan fingerprint density at radius 1 is 1.55 bits per heavy atom. The lowest BCUT2D eigenvalue weighted by atomic mass is 9.93. The second-order valence-corrected chi connectivity index (χ2v) is 3.55. The molecule has 11 heavy (non-hydrogen) atoms. The molecular formula is C10H13N. The molecule has 0 saturated carbocycles. The van der Waals surface area contributed by atoms with Crippen LogP contribution in [0.2, 0.25) is 0 Å². The van der Waals surface area contributed by atoms with E-state index in [0.29, 0.717) is 0 Å². The van der Waals surface area contributed by atoms with E-state index in [9.17, 15) is 0 Å². The molecule has 0 saturated heterocycles. The number of hydrogen-bond donors (Lipinski definition) is 0. The maximum absolute atomic E-state index is 4.45. The molecule has 1 atom stereocenters. The second kappa shape index (κ2) is 2.33. The summed E-state index contributed by atoms with van der Waals surface area (Å²) >= 11 is 0. The first-order chi connectivity index (χ1) is 5.25. The van der Waals surface area contributed by atoms with E-state index in [2.05, 4.69) is 31.0 Å². The molecule has 2 aliphatic rings. The molecule has 0 radical (unpaired) electrons. The second-order valence-electron chi connectivity index (χ2n) is 3.55. The van der Waals surface area contributed by atoms with Gasteiger partial charge in [0.25, 0.3) is 0 Å². The van der Waals surface area contributed by atoms with E-state index in [1.54, 1.807) is 0 Å². The van der Waals surface area contributed by atoms with E-state index >= 15 is 0 Å². The summed E-state index contributed by atoms with van der Waals surface area (Å²) in [6.45, 7) is 4.37.